The Hall–Kier alpha value is -2.92. The first-order valence-electron chi connectivity index (χ1n) is 10.1. The predicted molar refractivity (Wildman–Crippen MR) is 119 cm³/mol. The van der Waals surface area contributed by atoms with Crippen LogP contribution in [0.1, 0.15) is 29.3 Å². The second kappa shape index (κ2) is 7.84. The maximum atomic E-state index is 5.85. The monoisotopic (exact) mass is 401 g/mol. The summed E-state index contributed by atoms with van der Waals surface area (Å²) in [5.41, 5.74) is 3.57. The molecule has 4 aromatic rings. The fourth-order valence-corrected chi connectivity index (χ4v) is 5.15. The quantitative estimate of drug-likeness (QED) is 0.436. The van der Waals surface area contributed by atoms with Gasteiger partial charge in [-0.3, -0.25) is 0 Å². The molecule has 0 fully saturated rings. The zero-order valence-corrected chi connectivity index (χ0v) is 17.2. The van der Waals surface area contributed by atoms with Crippen molar-refractivity contribution < 1.29 is 4.74 Å². The normalized spacial score (nSPS) is 15.8. The van der Waals surface area contributed by atoms with Crippen LogP contribution in [-0.4, -0.2) is 9.97 Å². The molecule has 1 N–H and O–H groups in total. The highest BCUT2D eigenvalue weighted by molar-refractivity contribution is 7.18. The van der Waals surface area contributed by atoms with E-state index in [-0.39, 0.29) is 0 Å². The highest BCUT2D eigenvalue weighted by atomic mass is 32.1. The van der Waals surface area contributed by atoms with Gasteiger partial charge >= 0.3 is 0 Å². The lowest BCUT2D eigenvalue weighted by Gasteiger charge is -2.17. The molecule has 0 amide bonds. The molecule has 0 bridgehead atoms. The SMILES string of the molecule is CC1CCc2c(sc3nc(Nc4ccc(OCc5ccccc5)cc4)ncc23)C1. The molecule has 0 spiro atoms. The molecule has 5 rings (SSSR count). The predicted octanol–water partition coefficient (Wildman–Crippen LogP) is 6.14. The van der Waals surface area contributed by atoms with Crippen molar-refractivity contribution in [1.29, 1.82) is 0 Å². The third-order valence-corrected chi connectivity index (χ3v) is 6.58. The molecule has 0 radical (unpaired) electrons. The summed E-state index contributed by atoms with van der Waals surface area (Å²) >= 11 is 1.82. The van der Waals surface area contributed by atoms with Crippen LogP contribution < -0.4 is 10.1 Å². The number of benzene rings is 2. The van der Waals surface area contributed by atoms with E-state index in [0.29, 0.717) is 12.6 Å². The van der Waals surface area contributed by atoms with E-state index in [1.54, 1.807) is 0 Å². The van der Waals surface area contributed by atoms with Crippen molar-refractivity contribution in [3.05, 3.63) is 76.8 Å². The lowest BCUT2D eigenvalue weighted by Crippen LogP contribution is -2.08. The third kappa shape index (κ3) is 3.96. The molecule has 0 aliphatic heterocycles. The van der Waals surface area contributed by atoms with Gasteiger partial charge in [0.2, 0.25) is 5.95 Å². The topological polar surface area (TPSA) is 47.0 Å². The van der Waals surface area contributed by atoms with E-state index in [1.165, 1.54) is 28.7 Å². The molecule has 1 atom stereocenters. The number of nitrogens with zero attached hydrogens (tertiary/aromatic N) is 2. The van der Waals surface area contributed by atoms with Gasteiger partial charge in [-0.1, -0.05) is 37.3 Å². The van der Waals surface area contributed by atoms with Gasteiger partial charge in [-0.15, -0.1) is 11.3 Å². The Morgan fingerprint density at radius 1 is 1.10 bits per heavy atom. The van der Waals surface area contributed by atoms with Gasteiger partial charge in [-0.25, -0.2) is 9.97 Å². The van der Waals surface area contributed by atoms with Gasteiger partial charge in [-0.2, -0.15) is 0 Å². The number of anilines is 2. The largest absolute Gasteiger partial charge is 0.489 e. The fourth-order valence-electron chi connectivity index (χ4n) is 3.79. The molecular formula is C24H23N3OS. The van der Waals surface area contributed by atoms with Gasteiger partial charge in [0.05, 0.1) is 0 Å². The molecular weight excluding hydrogens is 378 g/mol. The second-order valence-corrected chi connectivity index (χ2v) is 8.77. The lowest BCUT2D eigenvalue weighted by molar-refractivity contribution is 0.306. The molecule has 0 saturated carbocycles. The summed E-state index contributed by atoms with van der Waals surface area (Å²) in [6, 6.07) is 18.1. The summed E-state index contributed by atoms with van der Waals surface area (Å²) in [4.78, 5) is 11.9. The van der Waals surface area contributed by atoms with Crippen molar-refractivity contribution in [2.75, 3.05) is 5.32 Å². The average Bonchev–Trinajstić information content (AvgIpc) is 3.10. The van der Waals surface area contributed by atoms with E-state index in [1.807, 2.05) is 60.0 Å². The van der Waals surface area contributed by atoms with Crippen LogP contribution in [0, 0.1) is 5.92 Å². The van der Waals surface area contributed by atoms with Gasteiger partial charge in [0.25, 0.3) is 0 Å². The number of hydrogen-bond acceptors (Lipinski definition) is 5. The zero-order valence-electron chi connectivity index (χ0n) is 16.4. The van der Waals surface area contributed by atoms with Crippen LogP contribution in [0.4, 0.5) is 11.6 Å². The Morgan fingerprint density at radius 3 is 2.76 bits per heavy atom. The first kappa shape index (κ1) is 18.1. The minimum atomic E-state index is 0.565. The average molecular weight is 402 g/mol. The summed E-state index contributed by atoms with van der Waals surface area (Å²) in [7, 11) is 0. The Bertz CT molecular complexity index is 1120. The van der Waals surface area contributed by atoms with Crippen molar-refractivity contribution in [2.24, 2.45) is 5.92 Å². The van der Waals surface area contributed by atoms with Gasteiger partial charge in [0, 0.05) is 22.1 Å². The van der Waals surface area contributed by atoms with E-state index in [0.717, 1.165) is 34.2 Å². The van der Waals surface area contributed by atoms with E-state index >= 15 is 0 Å². The van der Waals surface area contributed by atoms with Gasteiger partial charge in [0.15, 0.2) is 0 Å². The van der Waals surface area contributed by atoms with Crippen molar-refractivity contribution in [1.82, 2.24) is 9.97 Å². The Morgan fingerprint density at radius 2 is 1.93 bits per heavy atom. The van der Waals surface area contributed by atoms with Gasteiger partial charge in [0.1, 0.15) is 17.2 Å². The molecule has 2 aromatic carbocycles. The molecule has 4 nitrogen and oxygen atoms in total. The second-order valence-electron chi connectivity index (χ2n) is 7.69. The van der Waals surface area contributed by atoms with E-state index in [9.17, 15) is 0 Å². The van der Waals surface area contributed by atoms with Crippen molar-refractivity contribution >= 4 is 33.2 Å². The summed E-state index contributed by atoms with van der Waals surface area (Å²) in [6.45, 7) is 2.90. The van der Waals surface area contributed by atoms with Crippen LogP contribution in [0.2, 0.25) is 0 Å². The maximum Gasteiger partial charge on any atom is 0.228 e. The molecule has 0 saturated heterocycles. The molecule has 5 heteroatoms. The zero-order chi connectivity index (χ0) is 19.6. The number of fused-ring (bicyclic) bond motifs is 3. The van der Waals surface area contributed by atoms with E-state index in [4.69, 9.17) is 9.72 Å². The van der Waals surface area contributed by atoms with Crippen LogP contribution in [0.25, 0.3) is 10.2 Å². The number of nitrogens with one attached hydrogen (secondary N) is 1. The molecule has 1 aliphatic carbocycles. The molecule has 1 aliphatic rings. The van der Waals surface area contributed by atoms with Crippen LogP contribution in [-0.2, 0) is 19.4 Å². The Labute approximate surface area is 174 Å². The number of hydrogen-bond donors (Lipinski definition) is 1. The molecule has 2 aromatic heterocycles. The summed E-state index contributed by atoms with van der Waals surface area (Å²) in [5.74, 6) is 2.25. The highest BCUT2D eigenvalue weighted by Crippen LogP contribution is 2.37. The van der Waals surface area contributed by atoms with Gasteiger partial charge < -0.3 is 10.1 Å². The smallest absolute Gasteiger partial charge is 0.228 e. The van der Waals surface area contributed by atoms with Crippen molar-refractivity contribution in [3.63, 3.8) is 0 Å². The summed E-state index contributed by atoms with van der Waals surface area (Å²) < 4.78 is 5.85. The number of thiophene rings is 1. The van der Waals surface area contributed by atoms with Crippen LogP contribution in [0.15, 0.2) is 60.8 Å². The molecule has 146 valence electrons. The Balaban J connectivity index is 1.28. The number of aromatic nitrogens is 2. The van der Waals surface area contributed by atoms with Crippen LogP contribution in [0.5, 0.6) is 5.75 Å². The third-order valence-electron chi connectivity index (χ3n) is 5.42. The lowest BCUT2D eigenvalue weighted by atomic mass is 9.89. The molecule has 2 heterocycles. The van der Waals surface area contributed by atoms with Crippen molar-refractivity contribution in [2.45, 2.75) is 32.8 Å². The van der Waals surface area contributed by atoms with Crippen molar-refractivity contribution in [3.8, 4) is 5.75 Å². The fraction of sp³-hybridized carbons (Fsp3) is 0.250. The first-order chi connectivity index (χ1) is 14.2. The van der Waals surface area contributed by atoms with Crippen LogP contribution >= 0.6 is 11.3 Å². The standard InChI is InChI=1S/C24H23N3OS/c1-16-7-12-20-21-14-25-24(27-23(21)29-22(20)13-16)26-18-8-10-19(11-9-18)28-15-17-5-3-2-4-6-17/h2-6,8-11,14,16H,7,12-13,15H2,1H3,(H,25,26,27). The maximum absolute atomic E-state index is 5.85. The van der Waals surface area contributed by atoms with Gasteiger partial charge in [-0.05, 0) is 60.6 Å². The minimum Gasteiger partial charge on any atom is -0.489 e. The number of rotatable bonds is 5. The molecule has 1 unspecified atom stereocenters. The summed E-state index contributed by atoms with van der Waals surface area (Å²) in [5, 5.41) is 4.54. The van der Waals surface area contributed by atoms with E-state index in [2.05, 4.69) is 29.4 Å². The van der Waals surface area contributed by atoms with E-state index < -0.39 is 0 Å². The van der Waals surface area contributed by atoms with Crippen LogP contribution in [0.3, 0.4) is 0 Å². The molecule has 29 heavy (non-hydrogen) atoms. The first-order valence-corrected chi connectivity index (χ1v) is 10.9. The number of ether oxygens (including phenoxy) is 1. The Kier molecular flexibility index (Phi) is 4.90. The number of aryl methyl sites for hydroxylation is 1. The highest BCUT2D eigenvalue weighted by Gasteiger charge is 2.21. The summed E-state index contributed by atoms with van der Waals surface area (Å²) in [6.07, 6.45) is 5.56. The minimum absolute atomic E-state index is 0.565.